The summed E-state index contributed by atoms with van der Waals surface area (Å²) in [6, 6.07) is 14.5. The third-order valence-corrected chi connectivity index (χ3v) is 6.40. The van der Waals surface area contributed by atoms with Gasteiger partial charge in [-0.05, 0) is 31.9 Å². The highest BCUT2D eigenvalue weighted by atomic mass is 32.2. The van der Waals surface area contributed by atoms with Gasteiger partial charge in [0.15, 0.2) is 0 Å². The molecule has 0 spiro atoms. The molecule has 1 aliphatic carbocycles. The number of sulfonamides is 1. The van der Waals surface area contributed by atoms with E-state index in [0.29, 0.717) is 11.4 Å². The minimum Gasteiger partial charge on any atom is -0.334 e. The van der Waals surface area contributed by atoms with Gasteiger partial charge in [-0.1, -0.05) is 60.0 Å². The maximum absolute atomic E-state index is 12.9. The topological polar surface area (TPSA) is 85.1 Å². The molecule has 0 saturated heterocycles. The van der Waals surface area contributed by atoms with E-state index in [0.717, 1.165) is 36.8 Å². The molecule has 1 saturated carbocycles. The predicted octanol–water partition coefficient (Wildman–Crippen LogP) is 3.93. The highest BCUT2D eigenvalue weighted by Crippen LogP contribution is 2.29. The molecule has 1 aromatic heterocycles. The largest absolute Gasteiger partial charge is 0.334 e. The molecular formula is C20H21N3O3S. The molecule has 4 rings (SSSR count). The Labute approximate surface area is 158 Å². The van der Waals surface area contributed by atoms with Crippen LogP contribution in [-0.2, 0) is 10.0 Å². The van der Waals surface area contributed by atoms with Gasteiger partial charge in [0.25, 0.3) is 5.89 Å². The van der Waals surface area contributed by atoms with Gasteiger partial charge in [-0.25, -0.2) is 13.1 Å². The van der Waals surface area contributed by atoms with Crippen molar-refractivity contribution < 1.29 is 12.9 Å². The molecule has 0 bridgehead atoms. The lowest BCUT2D eigenvalue weighted by Gasteiger charge is -2.14. The number of hydrogen-bond acceptors (Lipinski definition) is 5. The maximum atomic E-state index is 12.9. The van der Waals surface area contributed by atoms with Crippen LogP contribution < -0.4 is 4.72 Å². The molecule has 140 valence electrons. The van der Waals surface area contributed by atoms with Crippen LogP contribution in [0.2, 0.25) is 0 Å². The maximum Gasteiger partial charge on any atom is 0.259 e. The fourth-order valence-corrected chi connectivity index (χ4v) is 4.86. The van der Waals surface area contributed by atoms with Crippen LogP contribution in [0.5, 0.6) is 0 Å². The molecule has 1 heterocycles. The van der Waals surface area contributed by atoms with Gasteiger partial charge in [0, 0.05) is 11.6 Å². The number of hydrogen-bond donors (Lipinski definition) is 1. The first-order chi connectivity index (χ1) is 13.0. The van der Waals surface area contributed by atoms with Crippen molar-refractivity contribution in [1.29, 1.82) is 0 Å². The highest BCUT2D eigenvalue weighted by Gasteiger charge is 2.27. The summed E-state index contributed by atoms with van der Waals surface area (Å²) in [4.78, 5) is 4.58. The summed E-state index contributed by atoms with van der Waals surface area (Å²) in [5, 5.41) is 4.02. The van der Waals surface area contributed by atoms with E-state index in [1.54, 1.807) is 24.3 Å². The summed E-state index contributed by atoms with van der Waals surface area (Å²) < 4.78 is 34.0. The molecule has 27 heavy (non-hydrogen) atoms. The van der Waals surface area contributed by atoms with E-state index < -0.39 is 10.0 Å². The third-order valence-electron chi connectivity index (χ3n) is 4.82. The lowest BCUT2D eigenvalue weighted by molar-refractivity contribution is 0.431. The molecule has 0 unspecified atom stereocenters. The van der Waals surface area contributed by atoms with Crippen molar-refractivity contribution in [3.8, 4) is 22.8 Å². The summed E-state index contributed by atoms with van der Waals surface area (Å²) in [7, 11) is -3.66. The van der Waals surface area contributed by atoms with Crippen molar-refractivity contribution in [2.45, 2.75) is 43.5 Å². The second-order valence-corrected chi connectivity index (χ2v) is 8.57. The zero-order valence-corrected chi connectivity index (χ0v) is 15.9. The number of aromatic nitrogens is 2. The SMILES string of the molecule is Cc1ccc(-c2noc(-c3ccccc3S(=O)(=O)NC3CCCC3)n2)cc1. The molecule has 1 fully saturated rings. The van der Waals surface area contributed by atoms with Crippen LogP contribution in [0.15, 0.2) is 57.9 Å². The molecule has 7 heteroatoms. The van der Waals surface area contributed by atoms with Crippen LogP contribution in [0.25, 0.3) is 22.8 Å². The number of nitrogens with one attached hydrogen (secondary N) is 1. The van der Waals surface area contributed by atoms with E-state index in [-0.39, 0.29) is 16.8 Å². The first kappa shape index (κ1) is 17.9. The summed E-state index contributed by atoms with van der Waals surface area (Å²) in [6.07, 6.45) is 3.86. The van der Waals surface area contributed by atoms with Crippen LogP contribution in [0.1, 0.15) is 31.2 Å². The molecule has 6 nitrogen and oxygen atoms in total. The lowest BCUT2D eigenvalue weighted by Crippen LogP contribution is -2.32. The standard InChI is InChI=1S/C20H21N3O3S/c1-14-10-12-15(13-11-14)19-21-20(26-22-19)17-8-4-5-9-18(17)27(24,25)23-16-6-2-3-7-16/h4-5,8-13,16,23H,2-3,6-7H2,1H3. The van der Waals surface area contributed by atoms with Gasteiger partial charge in [0.05, 0.1) is 10.5 Å². The molecule has 0 aliphatic heterocycles. The Morgan fingerprint density at radius 1 is 1.04 bits per heavy atom. The van der Waals surface area contributed by atoms with E-state index >= 15 is 0 Å². The summed E-state index contributed by atoms with van der Waals surface area (Å²) >= 11 is 0. The average Bonchev–Trinajstić information content (AvgIpc) is 3.34. The summed E-state index contributed by atoms with van der Waals surface area (Å²) in [5.41, 5.74) is 2.37. The molecule has 0 amide bonds. The fourth-order valence-electron chi connectivity index (χ4n) is 3.36. The smallest absolute Gasteiger partial charge is 0.259 e. The predicted molar refractivity (Wildman–Crippen MR) is 102 cm³/mol. The lowest BCUT2D eigenvalue weighted by atomic mass is 10.1. The van der Waals surface area contributed by atoms with Crippen molar-refractivity contribution >= 4 is 10.0 Å². The Hall–Kier alpha value is -2.51. The van der Waals surface area contributed by atoms with Crippen LogP contribution in [0.3, 0.4) is 0 Å². The van der Waals surface area contributed by atoms with Gasteiger partial charge < -0.3 is 4.52 Å². The highest BCUT2D eigenvalue weighted by molar-refractivity contribution is 7.89. The first-order valence-corrected chi connectivity index (χ1v) is 10.5. The van der Waals surface area contributed by atoms with Gasteiger partial charge in [-0.2, -0.15) is 4.98 Å². The Balaban J connectivity index is 1.68. The number of aryl methyl sites for hydroxylation is 1. The molecule has 1 N–H and O–H groups in total. The van der Waals surface area contributed by atoms with Crippen molar-refractivity contribution in [2.75, 3.05) is 0 Å². The molecule has 1 aliphatic rings. The minimum atomic E-state index is -3.66. The van der Waals surface area contributed by atoms with Crippen molar-refractivity contribution in [2.24, 2.45) is 0 Å². The second kappa shape index (κ2) is 7.25. The van der Waals surface area contributed by atoms with Crippen LogP contribution in [-0.4, -0.2) is 24.6 Å². The van der Waals surface area contributed by atoms with Crippen LogP contribution in [0, 0.1) is 6.92 Å². The van der Waals surface area contributed by atoms with E-state index in [1.165, 1.54) is 0 Å². The van der Waals surface area contributed by atoms with E-state index in [2.05, 4.69) is 14.9 Å². The Morgan fingerprint density at radius 3 is 2.48 bits per heavy atom. The fraction of sp³-hybridized carbons (Fsp3) is 0.300. The number of nitrogens with zero attached hydrogens (tertiary/aromatic N) is 2. The van der Waals surface area contributed by atoms with Gasteiger partial charge in [0.1, 0.15) is 0 Å². The quantitative estimate of drug-likeness (QED) is 0.721. The van der Waals surface area contributed by atoms with E-state index in [9.17, 15) is 8.42 Å². The zero-order chi connectivity index (χ0) is 18.9. The van der Waals surface area contributed by atoms with Crippen molar-refractivity contribution in [3.63, 3.8) is 0 Å². The van der Waals surface area contributed by atoms with Gasteiger partial charge in [-0.3, -0.25) is 0 Å². The Morgan fingerprint density at radius 2 is 1.74 bits per heavy atom. The first-order valence-electron chi connectivity index (χ1n) is 9.05. The van der Waals surface area contributed by atoms with Crippen LogP contribution >= 0.6 is 0 Å². The molecule has 2 aromatic carbocycles. The molecule has 0 atom stereocenters. The van der Waals surface area contributed by atoms with E-state index in [4.69, 9.17) is 4.52 Å². The van der Waals surface area contributed by atoms with Gasteiger partial charge >= 0.3 is 0 Å². The number of benzene rings is 2. The van der Waals surface area contributed by atoms with Crippen LogP contribution in [0.4, 0.5) is 0 Å². The van der Waals surface area contributed by atoms with E-state index in [1.807, 2.05) is 31.2 Å². The zero-order valence-electron chi connectivity index (χ0n) is 15.1. The van der Waals surface area contributed by atoms with Crippen molar-refractivity contribution in [1.82, 2.24) is 14.9 Å². The molecular weight excluding hydrogens is 362 g/mol. The van der Waals surface area contributed by atoms with Crippen molar-refractivity contribution in [3.05, 3.63) is 54.1 Å². The monoisotopic (exact) mass is 383 g/mol. The second-order valence-electron chi connectivity index (χ2n) is 6.89. The van der Waals surface area contributed by atoms with Gasteiger partial charge in [-0.15, -0.1) is 0 Å². The Bertz CT molecular complexity index is 1040. The Kier molecular flexibility index (Phi) is 4.80. The van der Waals surface area contributed by atoms with Gasteiger partial charge in [0.2, 0.25) is 15.8 Å². The summed E-state index contributed by atoms with van der Waals surface area (Å²) in [6.45, 7) is 2.00. The molecule has 0 radical (unpaired) electrons. The average molecular weight is 383 g/mol. The normalized spacial score (nSPS) is 15.3. The number of rotatable bonds is 5. The molecule has 3 aromatic rings. The minimum absolute atomic E-state index is 0.00568. The third kappa shape index (κ3) is 3.79. The summed E-state index contributed by atoms with van der Waals surface area (Å²) in [5.74, 6) is 0.624.